The monoisotopic (exact) mass is 340 g/mol. The Hall–Kier alpha value is -2.89. The smallest absolute Gasteiger partial charge is 0.274 e. The minimum absolute atomic E-state index is 0.110. The van der Waals surface area contributed by atoms with E-state index in [0.717, 1.165) is 6.54 Å². The molecule has 0 radical (unpaired) electrons. The predicted octanol–water partition coefficient (Wildman–Crippen LogP) is 3.37. The van der Waals surface area contributed by atoms with Gasteiger partial charge in [0.05, 0.1) is 4.92 Å². The number of aryl methyl sites for hydroxylation is 1. The summed E-state index contributed by atoms with van der Waals surface area (Å²) in [4.78, 5) is 14.9. The topological polar surface area (TPSA) is 79.6 Å². The van der Waals surface area contributed by atoms with Crippen LogP contribution in [0, 0.1) is 17.0 Å². The molecule has 0 fully saturated rings. The molecular formula is C19H24N4O2. The fraction of sp³-hybridized carbons (Fsp3) is 0.316. The zero-order valence-electron chi connectivity index (χ0n) is 14.8. The van der Waals surface area contributed by atoms with Gasteiger partial charge in [0.15, 0.2) is 5.96 Å². The molecule has 132 valence electrons. The molecule has 0 aliphatic heterocycles. The Kier molecular flexibility index (Phi) is 6.51. The first-order valence-electron chi connectivity index (χ1n) is 8.24. The summed E-state index contributed by atoms with van der Waals surface area (Å²) in [6, 6.07) is 15.2. The van der Waals surface area contributed by atoms with Gasteiger partial charge in [-0.2, -0.15) is 0 Å². The van der Waals surface area contributed by atoms with E-state index >= 15 is 0 Å². The Morgan fingerprint density at radius 3 is 2.48 bits per heavy atom. The van der Waals surface area contributed by atoms with Crippen molar-refractivity contribution < 1.29 is 4.92 Å². The Labute approximate surface area is 148 Å². The van der Waals surface area contributed by atoms with Gasteiger partial charge in [-0.1, -0.05) is 55.0 Å². The fourth-order valence-corrected chi connectivity index (χ4v) is 2.50. The molecule has 0 aliphatic rings. The molecule has 0 saturated carbocycles. The number of hydrogen-bond donors (Lipinski definition) is 2. The lowest BCUT2D eigenvalue weighted by molar-refractivity contribution is -0.385. The maximum absolute atomic E-state index is 11.1. The molecule has 6 nitrogen and oxygen atoms in total. The van der Waals surface area contributed by atoms with Gasteiger partial charge >= 0.3 is 0 Å². The average molecular weight is 340 g/mol. The van der Waals surface area contributed by atoms with Crippen LogP contribution < -0.4 is 10.6 Å². The molecule has 2 N–H and O–H groups in total. The van der Waals surface area contributed by atoms with Crippen LogP contribution in [-0.2, 0) is 6.54 Å². The highest BCUT2D eigenvalue weighted by molar-refractivity contribution is 5.79. The van der Waals surface area contributed by atoms with Crippen molar-refractivity contribution in [3.8, 4) is 0 Å². The first kappa shape index (κ1) is 18.4. The zero-order chi connectivity index (χ0) is 18.2. The van der Waals surface area contributed by atoms with Crippen LogP contribution in [0.1, 0.15) is 29.5 Å². The normalized spacial score (nSPS) is 12.5. The third-order valence-electron chi connectivity index (χ3n) is 4.08. The molecule has 0 bridgehead atoms. The number of hydrogen-bond acceptors (Lipinski definition) is 3. The Morgan fingerprint density at radius 2 is 1.84 bits per heavy atom. The van der Waals surface area contributed by atoms with E-state index in [1.807, 2.05) is 0 Å². The van der Waals surface area contributed by atoms with Gasteiger partial charge in [-0.15, -0.1) is 0 Å². The van der Waals surface area contributed by atoms with E-state index in [4.69, 9.17) is 0 Å². The van der Waals surface area contributed by atoms with Crippen molar-refractivity contribution in [3.05, 3.63) is 75.3 Å². The molecule has 1 unspecified atom stereocenters. The lowest BCUT2D eigenvalue weighted by Crippen LogP contribution is -2.38. The van der Waals surface area contributed by atoms with Gasteiger partial charge in [-0.25, -0.2) is 0 Å². The van der Waals surface area contributed by atoms with E-state index in [9.17, 15) is 10.1 Å². The van der Waals surface area contributed by atoms with Crippen LogP contribution in [0.3, 0.4) is 0 Å². The largest absolute Gasteiger partial charge is 0.356 e. The molecule has 0 spiro atoms. The van der Waals surface area contributed by atoms with Gasteiger partial charge in [-0.3, -0.25) is 15.1 Å². The van der Waals surface area contributed by atoms with Gasteiger partial charge in [0.1, 0.15) is 0 Å². The van der Waals surface area contributed by atoms with Gasteiger partial charge in [-0.05, 0) is 18.4 Å². The van der Waals surface area contributed by atoms with Crippen molar-refractivity contribution in [2.24, 2.45) is 4.99 Å². The molecule has 2 rings (SSSR count). The zero-order valence-corrected chi connectivity index (χ0v) is 14.8. The molecule has 0 aromatic heterocycles. The van der Waals surface area contributed by atoms with Crippen LogP contribution in [0.2, 0.25) is 0 Å². The highest BCUT2D eigenvalue weighted by atomic mass is 16.6. The maximum Gasteiger partial charge on any atom is 0.274 e. The van der Waals surface area contributed by atoms with Crippen LogP contribution in [0.15, 0.2) is 53.5 Å². The lowest BCUT2D eigenvalue weighted by Gasteiger charge is -2.16. The Morgan fingerprint density at radius 1 is 1.16 bits per heavy atom. The number of nitrogens with zero attached hydrogens (tertiary/aromatic N) is 2. The second kappa shape index (κ2) is 8.82. The summed E-state index contributed by atoms with van der Waals surface area (Å²) in [7, 11) is 1.69. The van der Waals surface area contributed by atoms with E-state index in [1.165, 1.54) is 17.2 Å². The second-order valence-corrected chi connectivity index (χ2v) is 6.00. The first-order chi connectivity index (χ1) is 12.0. The summed E-state index contributed by atoms with van der Waals surface area (Å²) < 4.78 is 0. The molecule has 25 heavy (non-hydrogen) atoms. The Balaban J connectivity index is 1.91. The minimum Gasteiger partial charge on any atom is -0.356 e. The van der Waals surface area contributed by atoms with Gasteiger partial charge in [0.25, 0.3) is 5.69 Å². The van der Waals surface area contributed by atoms with Crippen LogP contribution >= 0.6 is 0 Å². The van der Waals surface area contributed by atoms with Crippen molar-refractivity contribution in [2.75, 3.05) is 13.6 Å². The number of rotatable bonds is 6. The SMILES string of the molecule is CN=C(NCc1ccccc1[N+](=O)[O-])NCC(C)c1ccc(C)cc1. The van der Waals surface area contributed by atoms with E-state index in [0.29, 0.717) is 24.0 Å². The fourth-order valence-electron chi connectivity index (χ4n) is 2.50. The summed E-state index contributed by atoms with van der Waals surface area (Å²) >= 11 is 0. The standard InChI is InChI=1S/C19H24N4O2/c1-14-8-10-16(11-9-14)15(2)12-21-19(20-3)22-13-17-6-4-5-7-18(17)23(24)25/h4-11,15H,12-13H2,1-3H3,(H2,20,21,22). The summed E-state index contributed by atoms with van der Waals surface area (Å²) in [5.41, 5.74) is 3.23. The number of aliphatic imine (C=N–C) groups is 1. The van der Waals surface area contributed by atoms with Crippen LogP contribution in [0.25, 0.3) is 0 Å². The van der Waals surface area contributed by atoms with Crippen LogP contribution in [0.5, 0.6) is 0 Å². The lowest BCUT2D eigenvalue weighted by atomic mass is 10.0. The summed E-state index contributed by atoms with van der Waals surface area (Å²) in [5.74, 6) is 0.947. The third kappa shape index (κ3) is 5.31. The number of guanidine groups is 1. The van der Waals surface area contributed by atoms with Crippen molar-refractivity contribution in [1.82, 2.24) is 10.6 Å². The molecule has 1 atom stereocenters. The quantitative estimate of drug-likeness (QED) is 0.366. The third-order valence-corrected chi connectivity index (χ3v) is 4.08. The summed E-state index contributed by atoms with van der Waals surface area (Å²) in [6.07, 6.45) is 0. The van der Waals surface area contributed by atoms with Crippen molar-refractivity contribution in [3.63, 3.8) is 0 Å². The average Bonchev–Trinajstić information content (AvgIpc) is 2.62. The van der Waals surface area contributed by atoms with Gasteiger partial charge < -0.3 is 10.6 Å². The van der Waals surface area contributed by atoms with Crippen molar-refractivity contribution >= 4 is 11.6 Å². The molecule has 0 aliphatic carbocycles. The number of nitro groups is 1. The summed E-state index contributed by atoms with van der Waals surface area (Å²) in [6.45, 7) is 5.28. The van der Waals surface area contributed by atoms with E-state index in [-0.39, 0.29) is 10.6 Å². The van der Waals surface area contributed by atoms with Gasteiger partial charge in [0.2, 0.25) is 0 Å². The highest BCUT2D eigenvalue weighted by Gasteiger charge is 2.12. The number of nitro benzene ring substituents is 1. The molecule has 2 aromatic rings. The predicted molar refractivity (Wildman–Crippen MR) is 101 cm³/mol. The van der Waals surface area contributed by atoms with E-state index in [1.54, 1.807) is 25.2 Å². The van der Waals surface area contributed by atoms with Gasteiger partial charge in [0, 0.05) is 31.8 Å². The molecule has 0 heterocycles. The number of benzene rings is 2. The second-order valence-electron chi connectivity index (χ2n) is 6.00. The molecule has 2 aromatic carbocycles. The molecule has 0 amide bonds. The van der Waals surface area contributed by atoms with Crippen molar-refractivity contribution in [1.29, 1.82) is 0 Å². The Bertz CT molecular complexity index is 741. The summed E-state index contributed by atoms with van der Waals surface area (Å²) in [5, 5.41) is 17.5. The van der Waals surface area contributed by atoms with Crippen molar-refractivity contribution in [2.45, 2.75) is 26.3 Å². The molecule has 6 heteroatoms. The molecule has 0 saturated heterocycles. The minimum atomic E-state index is -0.368. The van der Waals surface area contributed by atoms with E-state index in [2.05, 4.69) is 53.7 Å². The van der Waals surface area contributed by atoms with E-state index < -0.39 is 0 Å². The van der Waals surface area contributed by atoms with Crippen LogP contribution in [-0.4, -0.2) is 24.5 Å². The maximum atomic E-state index is 11.1. The molecular weight excluding hydrogens is 316 g/mol. The number of nitrogens with one attached hydrogen (secondary N) is 2. The number of para-hydroxylation sites is 1. The first-order valence-corrected chi connectivity index (χ1v) is 8.24. The highest BCUT2D eigenvalue weighted by Crippen LogP contribution is 2.17. The van der Waals surface area contributed by atoms with Crippen LogP contribution in [0.4, 0.5) is 5.69 Å².